The van der Waals surface area contributed by atoms with Crippen LogP contribution in [0.3, 0.4) is 0 Å². The van der Waals surface area contributed by atoms with Gasteiger partial charge in [0.2, 0.25) is 11.8 Å². The summed E-state index contributed by atoms with van der Waals surface area (Å²) < 4.78 is 5.07. The Labute approximate surface area is 118 Å². The molecule has 6 nitrogen and oxygen atoms in total. The molecule has 6 heteroatoms. The van der Waals surface area contributed by atoms with Crippen molar-refractivity contribution in [3.05, 3.63) is 17.0 Å². The molecule has 1 saturated heterocycles. The molecule has 1 atom stereocenters. The molecular formula is C14H21N3O3. The summed E-state index contributed by atoms with van der Waals surface area (Å²) in [4.78, 5) is 23.7. The number of nitrogens with zero attached hydrogens (tertiary/aromatic N) is 1. The molecule has 0 spiro atoms. The molecule has 0 saturated carbocycles. The zero-order valence-electron chi connectivity index (χ0n) is 12.0. The minimum Gasteiger partial charge on any atom is -0.361 e. The molecule has 1 aromatic heterocycles. The van der Waals surface area contributed by atoms with Gasteiger partial charge in [-0.2, -0.15) is 0 Å². The predicted molar refractivity (Wildman–Crippen MR) is 73.1 cm³/mol. The van der Waals surface area contributed by atoms with Crippen molar-refractivity contribution in [1.82, 2.24) is 15.8 Å². The van der Waals surface area contributed by atoms with Gasteiger partial charge in [-0.15, -0.1) is 0 Å². The number of carbonyl (C=O) groups is 2. The number of nitrogens with one attached hydrogen (secondary N) is 2. The van der Waals surface area contributed by atoms with Crippen molar-refractivity contribution in [2.45, 2.75) is 52.0 Å². The van der Waals surface area contributed by atoms with E-state index in [-0.39, 0.29) is 11.8 Å². The fraction of sp³-hybridized carbons (Fsp3) is 0.643. The van der Waals surface area contributed by atoms with Gasteiger partial charge in [-0.05, 0) is 39.5 Å². The van der Waals surface area contributed by atoms with Crippen molar-refractivity contribution >= 4 is 11.8 Å². The molecule has 2 N–H and O–H groups in total. The lowest BCUT2D eigenvalue weighted by molar-refractivity contribution is -0.128. The summed E-state index contributed by atoms with van der Waals surface area (Å²) >= 11 is 0. The van der Waals surface area contributed by atoms with Gasteiger partial charge in [0.05, 0.1) is 5.69 Å². The fourth-order valence-corrected chi connectivity index (χ4v) is 2.44. The Morgan fingerprint density at radius 3 is 2.95 bits per heavy atom. The van der Waals surface area contributed by atoms with E-state index >= 15 is 0 Å². The van der Waals surface area contributed by atoms with E-state index in [0.717, 1.165) is 29.9 Å². The third-order valence-corrected chi connectivity index (χ3v) is 3.65. The second kappa shape index (κ2) is 6.54. The average Bonchev–Trinajstić information content (AvgIpc) is 2.60. The summed E-state index contributed by atoms with van der Waals surface area (Å²) in [6.45, 7) is 4.40. The van der Waals surface area contributed by atoms with Crippen LogP contribution in [0.1, 0.15) is 42.7 Å². The number of amides is 2. The topological polar surface area (TPSA) is 84.2 Å². The molecule has 0 aliphatic carbocycles. The zero-order valence-corrected chi connectivity index (χ0v) is 12.0. The van der Waals surface area contributed by atoms with E-state index in [4.69, 9.17) is 4.52 Å². The van der Waals surface area contributed by atoms with Crippen LogP contribution in [-0.4, -0.2) is 29.6 Å². The highest BCUT2D eigenvalue weighted by Crippen LogP contribution is 2.14. The van der Waals surface area contributed by atoms with Gasteiger partial charge in [-0.3, -0.25) is 9.59 Å². The highest BCUT2D eigenvalue weighted by atomic mass is 16.5. The fourth-order valence-electron chi connectivity index (χ4n) is 2.44. The Hall–Kier alpha value is -1.85. The lowest BCUT2D eigenvalue weighted by Crippen LogP contribution is -2.45. The van der Waals surface area contributed by atoms with E-state index in [1.54, 1.807) is 0 Å². The van der Waals surface area contributed by atoms with Crippen LogP contribution < -0.4 is 10.6 Å². The Bertz CT molecular complexity index is 476. The maximum atomic E-state index is 11.9. The molecule has 110 valence electrons. The Morgan fingerprint density at radius 2 is 2.25 bits per heavy atom. The quantitative estimate of drug-likeness (QED) is 0.861. The summed E-state index contributed by atoms with van der Waals surface area (Å²) in [7, 11) is 0. The monoisotopic (exact) mass is 279 g/mol. The number of rotatable bonds is 4. The summed E-state index contributed by atoms with van der Waals surface area (Å²) in [5.74, 6) is 0.572. The molecule has 2 heterocycles. The van der Waals surface area contributed by atoms with Gasteiger partial charge in [-0.1, -0.05) is 5.16 Å². The largest absolute Gasteiger partial charge is 0.361 e. The van der Waals surface area contributed by atoms with Crippen LogP contribution in [0.4, 0.5) is 0 Å². The van der Waals surface area contributed by atoms with Crippen molar-refractivity contribution in [3.8, 4) is 0 Å². The highest BCUT2D eigenvalue weighted by Gasteiger charge is 2.22. The van der Waals surface area contributed by atoms with Gasteiger partial charge >= 0.3 is 0 Å². The number of aryl methyl sites for hydroxylation is 2. The molecule has 20 heavy (non-hydrogen) atoms. The van der Waals surface area contributed by atoms with Crippen LogP contribution in [0.2, 0.25) is 0 Å². The van der Waals surface area contributed by atoms with E-state index in [1.165, 1.54) is 0 Å². The highest BCUT2D eigenvalue weighted by molar-refractivity contribution is 5.87. The molecule has 2 amide bonds. The molecule has 0 aromatic carbocycles. The van der Waals surface area contributed by atoms with E-state index in [1.807, 2.05) is 13.8 Å². The molecular weight excluding hydrogens is 258 g/mol. The lowest BCUT2D eigenvalue weighted by Gasteiger charge is -2.15. The van der Waals surface area contributed by atoms with Gasteiger partial charge in [0.15, 0.2) is 0 Å². The molecule has 0 unspecified atom stereocenters. The summed E-state index contributed by atoms with van der Waals surface area (Å²) in [6.07, 6.45) is 3.56. The Morgan fingerprint density at radius 1 is 1.45 bits per heavy atom. The number of aromatic nitrogens is 1. The summed E-state index contributed by atoms with van der Waals surface area (Å²) in [5, 5.41) is 9.48. The molecule has 2 rings (SSSR count). The van der Waals surface area contributed by atoms with Crippen molar-refractivity contribution in [2.24, 2.45) is 0 Å². The Kier molecular flexibility index (Phi) is 4.76. The molecule has 1 fully saturated rings. The standard InChI is InChI=1S/C14H21N3O3/c1-9-11(10(2)20-17-9)6-7-13(18)16-12-5-3-4-8-15-14(12)19/h12H,3-8H2,1-2H3,(H,15,19)(H,16,18)/t12-/m1/s1. The summed E-state index contributed by atoms with van der Waals surface area (Å²) in [6, 6.07) is -0.394. The van der Waals surface area contributed by atoms with Gasteiger partial charge < -0.3 is 15.2 Å². The maximum Gasteiger partial charge on any atom is 0.242 e. The van der Waals surface area contributed by atoms with Crippen LogP contribution in [0, 0.1) is 13.8 Å². The first-order valence-corrected chi connectivity index (χ1v) is 7.06. The molecule has 1 aromatic rings. The van der Waals surface area contributed by atoms with E-state index in [9.17, 15) is 9.59 Å². The predicted octanol–water partition coefficient (Wildman–Crippen LogP) is 1.01. The first-order chi connectivity index (χ1) is 9.58. The van der Waals surface area contributed by atoms with E-state index in [2.05, 4.69) is 15.8 Å². The second-order valence-electron chi connectivity index (χ2n) is 5.21. The first kappa shape index (κ1) is 14.6. The number of hydrogen-bond donors (Lipinski definition) is 2. The minimum absolute atomic E-state index is 0.0758. The Balaban J connectivity index is 1.84. The van der Waals surface area contributed by atoms with Crippen molar-refractivity contribution in [3.63, 3.8) is 0 Å². The second-order valence-corrected chi connectivity index (χ2v) is 5.21. The van der Waals surface area contributed by atoms with Crippen molar-refractivity contribution in [1.29, 1.82) is 0 Å². The first-order valence-electron chi connectivity index (χ1n) is 7.06. The maximum absolute atomic E-state index is 11.9. The summed E-state index contributed by atoms with van der Waals surface area (Å²) in [5.41, 5.74) is 1.80. The van der Waals surface area contributed by atoms with Crippen molar-refractivity contribution in [2.75, 3.05) is 6.54 Å². The molecule has 1 aliphatic heterocycles. The number of carbonyl (C=O) groups excluding carboxylic acids is 2. The van der Waals surface area contributed by atoms with E-state index < -0.39 is 6.04 Å². The van der Waals surface area contributed by atoms with Crippen molar-refractivity contribution < 1.29 is 14.1 Å². The van der Waals surface area contributed by atoms with Crippen LogP contribution in [0.15, 0.2) is 4.52 Å². The SMILES string of the molecule is Cc1noc(C)c1CCC(=O)N[C@@H]1CCCCNC1=O. The molecule has 0 radical (unpaired) electrons. The van der Waals surface area contributed by atoms with Crippen LogP contribution in [0.5, 0.6) is 0 Å². The smallest absolute Gasteiger partial charge is 0.242 e. The van der Waals surface area contributed by atoms with Crippen LogP contribution >= 0.6 is 0 Å². The van der Waals surface area contributed by atoms with Gasteiger partial charge in [0.1, 0.15) is 11.8 Å². The number of hydrogen-bond acceptors (Lipinski definition) is 4. The van der Waals surface area contributed by atoms with E-state index in [0.29, 0.717) is 25.8 Å². The third-order valence-electron chi connectivity index (χ3n) is 3.65. The average molecular weight is 279 g/mol. The molecule has 0 bridgehead atoms. The van der Waals surface area contributed by atoms with Gasteiger partial charge in [-0.25, -0.2) is 0 Å². The minimum atomic E-state index is -0.394. The van der Waals surface area contributed by atoms with Gasteiger partial charge in [0.25, 0.3) is 0 Å². The normalized spacial score (nSPS) is 19.3. The van der Waals surface area contributed by atoms with Crippen LogP contribution in [0.25, 0.3) is 0 Å². The lowest BCUT2D eigenvalue weighted by atomic mass is 10.1. The zero-order chi connectivity index (χ0) is 14.5. The van der Waals surface area contributed by atoms with Crippen LogP contribution in [-0.2, 0) is 16.0 Å². The van der Waals surface area contributed by atoms with Gasteiger partial charge in [0, 0.05) is 18.5 Å². The molecule has 1 aliphatic rings. The third kappa shape index (κ3) is 3.59.